The van der Waals surface area contributed by atoms with E-state index in [1.165, 1.54) is 0 Å². The van der Waals surface area contributed by atoms with Gasteiger partial charge in [-0.1, -0.05) is 12.1 Å². The first-order valence-corrected chi connectivity index (χ1v) is 6.22. The molecular formula is C13H16N4O. The Labute approximate surface area is 105 Å². The Balaban J connectivity index is 1.95. The molecular weight excluding hydrogens is 228 g/mol. The third-order valence-electron chi connectivity index (χ3n) is 3.45. The number of H-pyrrole nitrogens is 1. The maximum atomic E-state index is 11.8. The van der Waals surface area contributed by atoms with Crippen LogP contribution in [0.15, 0.2) is 24.3 Å². The molecule has 18 heavy (non-hydrogen) atoms. The normalized spacial score (nSPS) is 19.4. The summed E-state index contributed by atoms with van der Waals surface area (Å²) in [5.74, 6) is 0.886. The van der Waals surface area contributed by atoms with Crippen molar-refractivity contribution in [2.45, 2.75) is 18.9 Å². The first kappa shape index (κ1) is 11.1. The topological polar surface area (TPSA) is 61.0 Å². The molecule has 94 valence electrons. The maximum absolute atomic E-state index is 11.8. The highest BCUT2D eigenvalue weighted by molar-refractivity contribution is 5.76. The Morgan fingerprint density at radius 2 is 2.33 bits per heavy atom. The van der Waals surface area contributed by atoms with Gasteiger partial charge < -0.3 is 15.2 Å². The Hall–Kier alpha value is -2.04. The van der Waals surface area contributed by atoms with Crippen molar-refractivity contribution in [2.24, 2.45) is 0 Å². The molecule has 2 aromatic rings. The molecule has 0 saturated carbocycles. The van der Waals surface area contributed by atoms with Crippen LogP contribution in [0.4, 0.5) is 4.79 Å². The lowest BCUT2D eigenvalue weighted by molar-refractivity contribution is 0.193. The first-order valence-electron chi connectivity index (χ1n) is 6.22. The zero-order valence-electron chi connectivity index (χ0n) is 10.3. The minimum atomic E-state index is -0.0297. The summed E-state index contributed by atoms with van der Waals surface area (Å²) in [4.78, 5) is 21.5. The molecule has 3 rings (SSSR count). The van der Waals surface area contributed by atoms with E-state index in [-0.39, 0.29) is 12.1 Å². The Morgan fingerprint density at radius 1 is 1.50 bits per heavy atom. The number of benzene rings is 1. The monoisotopic (exact) mass is 244 g/mol. The number of nitrogens with zero attached hydrogens (tertiary/aromatic N) is 2. The number of amides is 2. The van der Waals surface area contributed by atoms with Crippen LogP contribution >= 0.6 is 0 Å². The SMILES string of the molecule is CNC(=O)N1CCC[C@H]1c1nc2ccccc2[nH]1. The van der Waals surface area contributed by atoms with Gasteiger partial charge in [-0.25, -0.2) is 9.78 Å². The van der Waals surface area contributed by atoms with Crippen molar-refractivity contribution >= 4 is 17.1 Å². The lowest BCUT2D eigenvalue weighted by Gasteiger charge is -2.22. The van der Waals surface area contributed by atoms with Gasteiger partial charge in [-0.15, -0.1) is 0 Å². The quantitative estimate of drug-likeness (QED) is 0.806. The fourth-order valence-electron chi connectivity index (χ4n) is 2.57. The summed E-state index contributed by atoms with van der Waals surface area (Å²) in [6.07, 6.45) is 1.99. The fourth-order valence-corrected chi connectivity index (χ4v) is 2.57. The van der Waals surface area contributed by atoms with E-state index >= 15 is 0 Å². The van der Waals surface area contributed by atoms with Gasteiger partial charge in [0.25, 0.3) is 0 Å². The molecule has 0 spiro atoms. The molecule has 0 aliphatic carbocycles. The largest absolute Gasteiger partial charge is 0.341 e. The van der Waals surface area contributed by atoms with Crippen LogP contribution in [0.3, 0.4) is 0 Å². The van der Waals surface area contributed by atoms with E-state index < -0.39 is 0 Å². The van der Waals surface area contributed by atoms with Gasteiger partial charge in [-0.2, -0.15) is 0 Å². The molecule has 5 heteroatoms. The maximum Gasteiger partial charge on any atom is 0.317 e. The number of urea groups is 1. The minimum absolute atomic E-state index is 0.0297. The highest BCUT2D eigenvalue weighted by Crippen LogP contribution is 2.31. The second kappa shape index (κ2) is 4.33. The lowest BCUT2D eigenvalue weighted by Crippen LogP contribution is -2.37. The molecule has 1 atom stereocenters. The molecule has 2 heterocycles. The highest BCUT2D eigenvalue weighted by Gasteiger charge is 2.31. The summed E-state index contributed by atoms with van der Waals surface area (Å²) >= 11 is 0. The van der Waals surface area contributed by atoms with Crippen LogP contribution in [0.5, 0.6) is 0 Å². The van der Waals surface area contributed by atoms with Gasteiger partial charge in [0.15, 0.2) is 0 Å². The summed E-state index contributed by atoms with van der Waals surface area (Å²) in [6.45, 7) is 0.793. The summed E-state index contributed by atoms with van der Waals surface area (Å²) in [5, 5.41) is 2.69. The highest BCUT2D eigenvalue weighted by atomic mass is 16.2. The summed E-state index contributed by atoms with van der Waals surface area (Å²) in [5.41, 5.74) is 1.98. The van der Waals surface area contributed by atoms with E-state index in [9.17, 15) is 4.79 Å². The van der Waals surface area contributed by atoms with Crippen LogP contribution in [0.25, 0.3) is 11.0 Å². The number of hydrogen-bond acceptors (Lipinski definition) is 2. The van der Waals surface area contributed by atoms with Crippen LogP contribution in [0, 0.1) is 0 Å². The summed E-state index contributed by atoms with van der Waals surface area (Å²) in [6, 6.07) is 7.97. The van der Waals surface area contributed by atoms with Crippen molar-refractivity contribution in [3.63, 3.8) is 0 Å². The van der Waals surface area contributed by atoms with Crippen molar-refractivity contribution in [1.29, 1.82) is 0 Å². The third kappa shape index (κ3) is 1.72. The van der Waals surface area contributed by atoms with E-state index in [1.807, 2.05) is 29.2 Å². The predicted octanol–water partition coefficient (Wildman–Crippen LogP) is 2.04. The molecule has 0 unspecified atom stereocenters. The van der Waals surface area contributed by atoms with Gasteiger partial charge in [-0.05, 0) is 25.0 Å². The van der Waals surface area contributed by atoms with Gasteiger partial charge >= 0.3 is 6.03 Å². The molecule has 2 N–H and O–H groups in total. The van der Waals surface area contributed by atoms with Crippen molar-refractivity contribution in [2.75, 3.05) is 13.6 Å². The van der Waals surface area contributed by atoms with Gasteiger partial charge in [0.05, 0.1) is 17.1 Å². The number of likely N-dealkylation sites (tertiary alicyclic amines) is 1. The third-order valence-corrected chi connectivity index (χ3v) is 3.45. The Kier molecular flexibility index (Phi) is 2.66. The molecule has 5 nitrogen and oxygen atoms in total. The number of nitrogens with one attached hydrogen (secondary N) is 2. The number of carbonyl (C=O) groups is 1. The number of carbonyl (C=O) groups excluding carboxylic acids is 1. The first-order chi connectivity index (χ1) is 8.79. The molecule has 1 aliphatic rings. The van der Waals surface area contributed by atoms with Crippen molar-refractivity contribution in [3.8, 4) is 0 Å². The zero-order chi connectivity index (χ0) is 12.5. The molecule has 1 fully saturated rings. The number of hydrogen-bond donors (Lipinski definition) is 2. The van der Waals surface area contributed by atoms with Crippen LogP contribution < -0.4 is 5.32 Å². The van der Waals surface area contributed by atoms with Gasteiger partial charge in [0, 0.05) is 13.6 Å². The van der Waals surface area contributed by atoms with Crippen molar-refractivity contribution in [1.82, 2.24) is 20.2 Å². The van der Waals surface area contributed by atoms with Crippen LogP contribution in [0.2, 0.25) is 0 Å². The van der Waals surface area contributed by atoms with E-state index in [0.717, 1.165) is 36.2 Å². The lowest BCUT2D eigenvalue weighted by atomic mass is 10.2. The van der Waals surface area contributed by atoms with E-state index in [2.05, 4.69) is 15.3 Å². The fraction of sp³-hybridized carbons (Fsp3) is 0.385. The second-order valence-electron chi connectivity index (χ2n) is 4.55. The summed E-state index contributed by atoms with van der Waals surface area (Å²) < 4.78 is 0. The molecule has 1 aromatic carbocycles. The predicted molar refractivity (Wildman–Crippen MR) is 69.2 cm³/mol. The number of para-hydroxylation sites is 2. The molecule has 0 radical (unpaired) electrons. The molecule has 2 amide bonds. The zero-order valence-corrected chi connectivity index (χ0v) is 10.3. The molecule has 1 aliphatic heterocycles. The van der Waals surface area contributed by atoms with E-state index in [0.29, 0.717) is 0 Å². The number of aromatic amines is 1. The number of fused-ring (bicyclic) bond motifs is 1. The van der Waals surface area contributed by atoms with E-state index in [4.69, 9.17) is 0 Å². The standard InChI is InChI=1S/C13H16N4O/c1-14-13(18)17-8-4-7-11(17)12-15-9-5-2-3-6-10(9)16-12/h2-3,5-6,11H,4,7-8H2,1H3,(H,14,18)(H,15,16)/t11-/m0/s1. The van der Waals surface area contributed by atoms with Gasteiger partial charge in [0.2, 0.25) is 0 Å². The van der Waals surface area contributed by atoms with Crippen molar-refractivity contribution in [3.05, 3.63) is 30.1 Å². The average Bonchev–Trinajstić information content (AvgIpc) is 3.03. The smallest absolute Gasteiger partial charge is 0.317 e. The molecule has 1 saturated heterocycles. The Bertz CT molecular complexity index is 544. The summed E-state index contributed by atoms with van der Waals surface area (Å²) in [7, 11) is 1.66. The molecule has 1 aromatic heterocycles. The second-order valence-corrected chi connectivity index (χ2v) is 4.55. The van der Waals surface area contributed by atoms with E-state index in [1.54, 1.807) is 7.05 Å². The van der Waals surface area contributed by atoms with Crippen LogP contribution in [-0.4, -0.2) is 34.5 Å². The van der Waals surface area contributed by atoms with Crippen molar-refractivity contribution < 1.29 is 4.79 Å². The van der Waals surface area contributed by atoms with Crippen LogP contribution in [-0.2, 0) is 0 Å². The number of aromatic nitrogens is 2. The Morgan fingerprint density at radius 3 is 3.11 bits per heavy atom. The minimum Gasteiger partial charge on any atom is -0.341 e. The average molecular weight is 244 g/mol. The van der Waals surface area contributed by atoms with Crippen LogP contribution in [0.1, 0.15) is 24.7 Å². The molecule has 0 bridgehead atoms. The van der Waals surface area contributed by atoms with Gasteiger partial charge in [-0.3, -0.25) is 0 Å². The number of imidazole rings is 1. The van der Waals surface area contributed by atoms with Gasteiger partial charge in [0.1, 0.15) is 5.82 Å². The number of rotatable bonds is 1.